The number of nitrogens with one attached hydrogen (secondary N) is 2. The van der Waals surface area contributed by atoms with Gasteiger partial charge in [0.15, 0.2) is 0 Å². The number of hydrogen-bond donors (Lipinski definition) is 2. The summed E-state index contributed by atoms with van der Waals surface area (Å²) in [5.74, 6) is 0.470. The number of aryl methyl sites for hydroxylation is 1. The summed E-state index contributed by atoms with van der Waals surface area (Å²) < 4.78 is 5.00. The van der Waals surface area contributed by atoms with E-state index in [2.05, 4.69) is 20.6 Å². The fourth-order valence-electron chi connectivity index (χ4n) is 2.70. The lowest BCUT2D eigenvalue weighted by molar-refractivity contribution is 0.102. The average Bonchev–Trinajstić information content (AvgIpc) is 2.70. The Balaban J connectivity index is 1.76. The molecule has 28 heavy (non-hydrogen) atoms. The summed E-state index contributed by atoms with van der Waals surface area (Å²) in [6, 6.07) is 14.4. The highest BCUT2D eigenvalue weighted by atomic mass is 35.5. The summed E-state index contributed by atoms with van der Waals surface area (Å²) in [6.07, 6.45) is 1.70. The molecule has 0 aliphatic heterocycles. The van der Waals surface area contributed by atoms with Gasteiger partial charge in [-0.05, 0) is 49.4 Å². The van der Waals surface area contributed by atoms with Crippen LogP contribution in [0, 0.1) is 6.92 Å². The van der Waals surface area contributed by atoms with Crippen LogP contribution in [0.5, 0.6) is 0 Å². The van der Waals surface area contributed by atoms with Crippen molar-refractivity contribution in [2.45, 2.75) is 6.92 Å². The summed E-state index contributed by atoms with van der Waals surface area (Å²) in [4.78, 5) is 21.4. The maximum absolute atomic E-state index is 12.7. The van der Waals surface area contributed by atoms with Gasteiger partial charge in [0.05, 0.1) is 28.6 Å². The SMILES string of the molecule is COCCNc1ccc(C(=O)Nc2ccc(Cl)c(-c3ccccn3)c2)c(C)n1. The molecule has 1 aromatic carbocycles. The Morgan fingerprint density at radius 2 is 2.04 bits per heavy atom. The Bertz CT molecular complexity index is 964. The first-order valence-corrected chi connectivity index (χ1v) is 9.19. The standard InChI is InChI=1S/C21H21ClN4O2/c1-14-16(7-9-20(25-14)24-11-12-28-2)21(27)26-15-6-8-18(22)17(13-15)19-5-3-4-10-23-19/h3-10,13H,11-12H2,1-2H3,(H,24,25)(H,26,27). The van der Waals surface area contributed by atoms with Crippen LogP contribution in [0.15, 0.2) is 54.7 Å². The molecule has 2 heterocycles. The summed E-state index contributed by atoms with van der Waals surface area (Å²) in [5, 5.41) is 6.62. The Kier molecular flexibility index (Phi) is 6.57. The minimum atomic E-state index is -0.234. The minimum Gasteiger partial charge on any atom is -0.383 e. The number of amides is 1. The van der Waals surface area contributed by atoms with Crippen LogP contribution in [0.2, 0.25) is 5.02 Å². The number of ether oxygens (including phenoxy) is 1. The zero-order chi connectivity index (χ0) is 19.9. The molecule has 1 amide bonds. The van der Waals surface area contributed by atoms with E-state index < -0.39 is 0 Å². The van der Waals surface area contributed by atoms with Crippen molar-refractivity contribution in [2.24, 2.45) is 0 Å². The molecular weight excluding hydrogens is 376 g/mol. The van der Waals surface area contributed by atoms with Gasteiger partial charge in [-0.3, -0.25) is 9.78 Å². The predicted molar refractivity (Wildman–Crippen MR) is 112 cm³/mol. The van der Waals surface area contributed by atoms with Gasteiger partial charge < -0.3 is 15.4 Å². The van der Waals surface area contributed by atoms with Crippen molar-refractivity contribution < 1.29 is 9.53 Å². The van der Waals surface area contributed by atoms with Crippen LogP contribution in [-0.4, -0.2) is 36.1 Å². The van der Waals surface area contributed by atoms with E-state index in [9.17, 15) is 4.79 Å². The van der Waals surface area contributed by atoms with Gasteiger partial charge in [-0.15, -0.1) is 0 Å². The van der Waals surface area contributed by atoms with Crippen LogP contribution in [-0.2, 0) is 4.74 Å². The van der Waals surface area contributed by atoms with Gasteiger partial charge in [0.25, 0.3) is 5.91 Å². The highest BCUT2D eigenvalue weighted by Crippen LogP contribution is 2.29. The topological polar surface area (TPSA) is 76.1 Å². The molecule has 2 N–H and O–H groups in total. The molecule has 2 aromatic heterocycles. The molecule has 0 aliphatic rings. The molecule has 0 saturated heterocycles. The van der Waals surface area contributed by atoms with Crippen molar-refractivity contribution in [1.82, 2.24) is 9.97 Å². The van der Waals surface area contributed by atoms with Gasteiger partial charge in [-0.2, -0.15) is 0 Å². The number of rotatable bonds is 7. The van der Waals surface area contributed by atoms with E-state index in [4.69, 9.17) is 16.3 Å². The maximum atomic E-state index is 12.7. The molecule has 0 radical (unpaired) electrons. The molecule has 6 nitrogen and oxygen atoms in total. The van der Waals surface area contributed by atoms with Crippen molar-refractivity contribution in [3.8, 4) is 11.3 Å². The van der Waals surface area contributed by atoms with Gasteiger partial charge in [-0.1, -0.05) is 17.7 Å². The number of halogens is 1. The number of carbonyl (C=O) groups excluding carboxylic acids is 1. The lowest BCUT2D eigenvalue weighted by atomic mass is 10.1. The Labute approximate surface area is 168 Å². The molecule has 144 valence electrons. The summed E-state index contributed by atoms with van der Waals surface area (Å²) in [5.41, 5.74) is 3.28. The van der Waals surface area contributed by atoms with Crippen LogP contribution >= 0.6 is 11.6 Å². The largest absolute Gasteiger partial charge is 0.383 e. The van der Waals surface area contributed by atoms with Crippen LogP contribution in [0.1, 0.15) is 16.1 Å². The molecule has 0 fully saturated rings. The van der Waals surface area contributed by atoms with Crippen molar-refractivity contribution in [3.63, 3.8) is 0 Å². The first-order valence-electron chi connectivity index (χ1n) is 8.81. The first kappa shape index (κ1) is 19.8. The third-order valence-corrected chi connectivity index (χ3v) is 4.44. The fraction of sp³-hybridized carbons (Fsp3) is 0.190. The van der Waals surface area contributed by atoms with E-state index in [-0.39, 0.29) is 5.91 Å². The molecule has 3 aromatic rings. The lowest BCUT2D eigenvalue weighted by Crippen LogP contribution is -2.15. The van der Waals surface area contributed by atoms with E-state index in [1.165, 1.54) is 0 Å². The molecule has 3 rings (SSSR count). The molecule has 0 spiro atoms. The Morgan fingerprint density at radius 3 is 2.75 bits per heavy atom. The highest BCUT2D eigenvalue weighted by Gasteiger charge is 2.13. The normalized spacial score (nSPS) is 10.5. The molecule has 0 bridgehead atoms. The van der Waals surface area contributed by atoms with E-state index >= 15 is 0 Å². The number of aromatic nitrogens is 2. The summed E-state index contributed by atoms with van der Waals surface area (Å²) in [6.45, 7) is 3.03. The molecule has 7 heteroatoms. The van der Waals surface area contributed by atoms with Gasteiger partial charge in [0, 0.05) is 31.1 Å². The zero-order valence-electron chi connectivity index (χ0n) is 15.7. The van der Waals surface area contributed by atoms with Gasteiger partial charge in [0.2, 0.25) is 0 Å². The highest BCUT2D eigenvalue weighted by molar-refractivity contribution is 6.33. The second-order valence-electron chi connectivity index (χ2n) is 6.11. The number of carbonyl (C=O) groups is 1. The van der Waals surface area contributed by atoms with Crippen LogP contribution in [0.4, 0.5) is 11.5 Å². The number of anilines is 2. The third-order valence-electron chi connectivity index (χ3n) is 4.11. The van der Waals surface area contributed by atoms with Crippen LogP contribution in [0.25, 0.3) is 11.3 Å². The maximum Gasteiger partial charge on any atom is 0.257 e. The number of methoxy groups -OCH3 is 1. The van der Waals surface area contributed by atoms with Gasteiger partial charge >= 0.3 is 0 Å². The third kappa shape index (κ3) is 4.85. The van der Waals surface area contributed by atoms with E-state index in [0.717, 1.165) is 11.3 Å². The number of nitrogens with zero attached hydrogens (tertiary/aromatic N) is 2. The molecule has 0 unspecified atom stereocenters. The Hall–Kier alpha value is -2.96. The predicted octanol–water partition coefficient (Wildman–Crippen LogP) is 4.42. The van der Waals surface area contributed by atoms with E-state index in [1.807, 2.05) is 24.3 Å². The second kappa shape index (κ2) is 9.30. The second-order valence-corrected chi connectivity index (χ2v) is 6.52. The van der Waals surface area contributed by atoms with Crippen molar-refractivity contribution in [3.05, 3.63) is 71.0 Å². The van der Waals surface area contributed by atoms with Gasteiger partial charge in [0.1, 0.15) is 5.82 Å². The minimum absolute atomic E-state index is 0.234. The lowest BCUT2D eigenvalue weighted by Gasteiger charge is -2.11. The average molecular weight is 397 g/mol. The smallest absolute Gasteiger partial charge is 0.257 e. The number of benzene rings is 1. The molecule has 0 saturated carbocycles. The zero-order valence-corrected chi connectivity index (χ0v) is 16.5. The number of pyridine rings is 2. The fourth-order valence-corrected chi connectivity index (χ4v) is 2.91. The monoisotopic (exact) mass is 396 g/mol. The Morgan fingerprint density at radius 1 is 1.18 bits per heavy atom. The molecule has 0 atom stereocenters. The van der Waals surface area contributed by atoms with Crippen LogP contribution < -0.4 is 10.6 Å². The van der Waals surface area contributed by atoms with E-state index in [0.29, 0.717) is 40.9 Å². The number of hydrogen-bond acceptors (Lipinski definition) is 5. The summed E-state index contributed by atoms with van der Waals surface area (Å²) >= 11 is 6.30. The van der Waals surface area contributed by atoms with Crippen molar-refractivity contribution >= 4 is 29.0 Å². The van der Waals surface area contributed by atoms with Crippen molar-refractivity contribution in [1.29, 1.82) is 0 Å². The molecular formula is C21H21ClN4O2. The first-order chi connectivity index (χ1) is 13.6. The van der Waals surface area contributed by atoms with Gasteiger partial charge in [-0.25, -0.2) is 4.98 Å². The molecule has 0 aliphatic carbocycles. The van der Waals surface area contributed by atoms with Crippen molar-refractivity contribution in [2.75, 3.05) is 30.9 Å². The quantitative estimate of drug-likeness (QED) is 0.578. The van der Waals surface area contributed by atoms with Crippen LogP contribution in [0.3, 0.4) is 0 Å². The summed E-state index contributed by atoms with van der Waals surface area (Å²) in [7, 11) is 1.64. The van der Waals surface area contributed by atoms with E-state index in [1.54, 1.807) is 44.5 Å².